The first-order chi connectivity index (χ1) is 25.6. The first kappa shape index (κ1) is 36.9. The Balaban J connectivity index is 1.10. The molecule has 1 heterocycles. The molecule has 1 aliphatic rings. The number of nitrogens with one attached hydrogen (secondary N) is 2. The molecule has 2 N–H and O–H groups in total. The molecule has 2 amide bonds. The van der Waals surface area contributed by atoms with Crippen molar-refractivity contribution in [3.63, 3.8) is 0 Å². The van der Waals surface area contributed by atoms with Crippen molar-refractivity contribution in [1.82, 2.24) is 5.32 Å². The van der Waals surface area contributed by atoms with Crippen molar-refractivity contribution in [2.75, 3.05) is 30.4 Å². The molecule has 2 unspecified atom stereocenters. The maximum Gasteiger partial charge on any atom is 0.416 e. The minimum absolute atomic E-state index is 0.0342. The predicted molar refractivity (Wildman–Crippen MR) is 199 cm³/mol. The average molecular weight is 720 g/mol. The molecule has 7 nitrogen and oxygen atoms in total. The summed E-state index contributed by atoms with van der Waals surface area (Å²) in [6, 6.07) is 37.4. The second-order valence-electron chi connectivity index (χ2n) is 13.1. The van der Waals surface area contributed by atoms with Crippen LogP contribution in [0.2, 0.25) is 0 Å². The number of methoxy groups -OCH3 is 1. The fraction of sp³-hybridized carbons (Fsp3) is 0.233. The Kier molecular flexibility index (Phi) is 11.6. The Hall–Kier alpha value is -5.90. The van der Waals surface area contributed by atoms with Crippen LogP contribution in [0.3, 0.4) is 0 Å². The summed E-state index contributed by atoms with van der Waals surface area (Å²) in [5, 5.41) is 5.92. The van der Waals surface area contributed by atoms with E-state index in [1.807, 2.05) is 84.9 Å². The van der Waals surface area contributed by atoms with Gasteiger partial charge in [0.1, 0.15) is 6.04 Å². The molecule has 272 valence electrons. The summed E-state index contributed by atoms with van der Waals surface area (Å²) in [5.41, 5.74) is 3.98. The number of hydrogen-bond donors (Lipinski definition) is 2. The van der Waals surface area contributed by atoms with Crippen LogP contribution in [-0.2, 0) is 26.9 Å². The molecule has 0 spiro atoms. The predicted octanol–water partition coefficient (Wildman–Crippen LogP) is 8.53. The zero-order valence-corrected chi connectivity index (χ0v) is 29.2. The molecule has 0 aliphatic carbocycles. The molecule has 0 radical (unpaired) electrons. The van der Waals surface area contributed by atoms with Gasteiger partial charge in [0.25, 0.3) is 5.91 Å². The SMILES string of the molecule is COC(=O)C(Cc1ccccc1)NC(=O)C(c1ccccc1)C1CCN(c2ccc(NC(=O)c3ccccc3-c3ccc(C(F)(F)F)cc3)cc2)CC1. The highest BCUT2D eigenvalue weighted by molar-refractivity contribution is 6.08. The molecular formula is C43H40F3N3O4. The van der Waals surface area contributed by atoms with E-state index in [2.05, 4.69) is 15.5 Å². The normalized spacial score (nSPS) is 14.5. The molecule has 1 fully saturated rings. The van der Waals surface area contributed by atoms with E-state index in [1.165, 1.54) is 19.2 Å². The van der Waals surface area contributed by atoms with Crippen molar-refractivity contribution in [2.45, 2.75) is 37.4 Å². The van der Waals surface area contributed by atoms with Crippen molar-refractivity contribution in [3.05, 3.63) is 156 Å². The van der Waals surface area contributed by atoms with Gasteiger partial charge in [-0.3, -0.25) is 9.59 Å². The van der Waals surface area contributed by atoms with Gasteiger partial charge in [-0.1, -0.05) is 91.0 Å². The highest BCUT2D eigenvalue weighted by Crippen LogP contribution is 2.36. The van der Waals surface area contributed by atoms with Crippen LogP contribution in [0.1, 0.15) is 45.8 Å². The number of piperidine rings is 1. The third-order valence-corrected chi connectivity index (χ3v) is 9.72. The molecule has 0 aromatic heterocycles. The Morgan fingerprint density at radius 3 is 2.00 bits per heavy atom. The van der Waals surface area contributed by atoms with Gasteiger partial charge in [-0.25, -0.2) is 4.79 Å². The van der Waals surface area contributed by atoms with E-state index in [-0.39, 0.29) is 17.7 Å². The van der Waals surface area contributed by atoms with Crippen LogP contribution >= 0.6 is 0 Å². The lowest BCUT2D eigenvalue weighted by Gasteiger charge is -2.37. The third-order valence-electron chi connectivity index (χ3n) is 9.72. The molecule has 53 heavy (non-hydrogen) atoms. The molecule has 1 saturated heterocycles. The zero-order chi connectivity index (χ0) is 37.4. The molecule has 6 rings (SSSR count). The molecule has 0 saturated carbocycles. The van der Waals surface area contributed by atoms with Crippen LogP contribution in [0.4, 0.5) is 24.5 Å². The Bertz CT molecular complexity index is 2000. The summed E-state index contributed by atoms with van der Waals surface area (Å²) in [7, 11) is 1.32. The summed E-state index contributed by atoms with van der Waals surface area (Å²) in [6.45, 7) is 1.41. The number of alkyl halides is 3. The van der Waals surface area contributed by atoms with Crippen molar-refractivity contribution in [3.8, 4) is 11.1 Å². The van der Waals surface area contributed by atoms with Gasteiger partial charge in [-0.15, -0.1) is 0 Å². The second-order valence-corrected chi connectivity index (χ2v) is 13.1. The number of nitrogens with zero attached hydrogens (tertiary/aromatic N) is 1. The summed E-state index contributed by atoms with van der Waals surface area (Å²) >= 11 is 0. The number of carbonyl (C=O) groups excluding carboxylic acids is 3. The standard InChI is InChI=1S/C43H40F3N3O4/c1-53-42(52)38(28-29-10-4-2-5-11-29)48-41(51)39(31-12-6-3-7-13-31)32-24-26-49(27-25-32)35-22-20-34(21-23-35)47-40(50)37-15-9-8-14-36(37)30-16-18-33(19-17-30)43(44,45)46/h2-23,32,38-39H,24-28H2,1H3,(H,47,50)(H,48,51). The van der Waals surface area contributed by atoms with Crippen LogP contribution < -0.4 is 15.5 Å². The molecule has 5 aromatic carbocycles. The Morgan fingerprint density at radius 1 is 0.774 bits per heavy atom. The lowest BCUT2D eigenvalue weighted by molar-refractivity contribution is -0.145. The van der Waals surface area contributed by atoms with Crippen molar-refractivity contribution < 1.29 is 32.3 Å². The minimum atomic E-state index is -4.45. The Morgan fingerprint density at radius 2 is 1.38 bits per heavy atom. The zero-order valence-electron chi connectivity index (χ0n) is 29.2. The quantitative estimate of drug-likeness (QED) is 0.134. The second kappa shape index (κ2) is 16.6. The van der Waals surface area contributed by atoms with Gasteiger partial charge in [-0.2, -0.15) is 13.2 Å². The number of rotatable bonds is 11. The lowest BCUT2D eigenvalue weighted by atomic mass is 9.79. The Labute approximate surface area is 306 Å². The highest BCUT2D eigenvalue weighted by atomic mass is 19.4. The highest BCUT2D eigenvalue weighted by Gasteiger charge is 2.35. The largest absolute Gasteiger partial charge is 0.467 e. The maximum absolute atomic E-state index is 14.0. The fourth-order valence-corrected chi connectivity index (χ4v) is 6.96. The van der Waals surface area contributed by atoms with Gasteiger partial charge in [0, 0.05) is 36.4 Å². The first-order valence-electron chi connectivity index (χ1n) is 17.5. The number of amides is 2. The molecular weight excluding hydrogens is 679 g/mol. The average Bonchev–Trinajstić information content (AvgIpc) is 3.18. The van der Waals surface area contributed by atoms with Gasteiger partial charge in [0.2, 0.25) is 5.91 Å². The number of benzene rings is 5. The monoisotopic (exact) mass is 719 g/mol. The number of ether oxygens (including phenoxy) is 1. The fourth-order valence-electron chi connectivity index (χ4n) is 6.96. The van der Waals surface area contributed by atoms with Gasteiger partial charge < -0.3 is 20.3 Å². The molecule has 10 heteroatoms. The molecule has 0 bridgehead atoms. The summed E-state index contributed by atoms with van der Waals surface area (Å²) in [4.78, 5) is 42.3. The van der Waals surface area contributed by atoms with Crippen molar-refractivity contribution >= 4 is 29.2 Å². The maximum atomic E-state index is 14.0. The van der Waals surface area contributed by atoms with Gasteiger partial charge in [0.15, 0.2) is 0 Å². The van der Waals surface area contributed by atoms with E-state index >= 15 is 0 Å². The van der Waals surface area contributed by atoms with Crippen molar-refractivity contribution in [2.24, 2.45) is 5.92 Å². The van der Waals surface area contributed by atoms with E-state index in [1.54, 1.807) is 24.3 Å². The smallest absolute Gasteiger partial charge is 0.416 e. The van der Waals surface area contributed by atoms with E-state index in [9.17, 15) is 27.6 Å². The first-order valence-corrected chi connectivity index (χ1v) is 17.5. The number of anilines is 2. The van der Waals surface area contributed by atoms with E-state index in [0.717, 1.165) is 41.8 Å². The topological polar surface area (TPSA) is 87.7 Å². The van der Waals surface area contributed by atoms with Crippen LogP contribution in [-0.4, -0.2) is 44.0 Å². The van der Waals surface area contributed by atoms with Crippen LogP contribution in [0.25, 0.3) is 11.1 Å². The number of carbonyl (C=O) groups is 3. The lowest BCUT2D eigenvalue weighted by Crippen LogP contribution is -2.47. The molecule has 5 aromatic rings. The number of halogens is 3. The van der Waals surface area contributed by atoms with E-state index in [0.29, 0.717) is 41.9 Å². The van der Waals surface area contributed by atoms with Crippen LogP contribution in [0.15, 0.2) is 133 Å². The van der Waals surface area contributed by atoms with E-state index in [4.69, 9.17) is 4.74 Å². The van der Waals surface area contributed by atoms with Gasteiger partial charge in [-0.05, 0) is 83.5 Å². The van der Waals surface area contributed by atoms with Crippen molar-refractivity contribution in [1.29, 1.82) is 0 Å². The van der Waals surface area contributed by atoms with Crippen LogP contribution in [0, 0.1) is 5.92 Å². The van der Waals surface area contributed by atoms with Gasteiger partial charge in [0.05, 0.1) is 18.6 Å². The summed E-state index contributed by atoms with van der Waals surface area (Å²) in [6.07, 6.45) is -2.64. The van der Waals surface area contributed by atoms with Gasteiger partial charge >= 0.3 is 12.1 Å². The third kappa shape index (κ3) is 9.13. The summed E-state index contributed by atoms with van der Waals surface area (Å²) < 4.78 is 44.3. The molecule has 2 atom stereocenters. The molecule has 1 aliphatic heterocycles. The number of hydrogen-bond acceptors (Lipinski definition) is 5. The number of esters is 1. The van der Waals surface area contributed by atoms with E-state index < -0.39 is 29.7 Å². The summed E-state index contributed by atoms with van der Waals surface area (Å²) in [5.74, 6) is -1.50. The van der Waals surface area contributed by atoms with Crippen LogP contribution in [0.5, 0.6) is 0 Å². The minimum Gasteiger partial charge on any atom is -0.467 e.